The van der Waals surface area contributed by atoms with Crippen molar-refractivity contribution in [2.75, 3.05) is 27.2 Å². The molecule has 1 aliphatic rings. The van der Waals surface area contributed by atoms with Gasteiger partial charge in [-0.3, -0.25) is 4.68 Å². The third kappa shape index (κ3) is 2.64. The molecule has 100 valence electrons. The lowest BCUT2D eigenvalue weighted by atomic mass is 9.97. The highest BCUT2D eigenvalue weighted by Gasteiger charge is 2.23. The Morgan fingerprint density at radius 1 is 1.56 bits per heavy atom. The topological polar surface area (TPSA) is 67.6 Å². The van der Waals surface area contributed by atoms with Crippen LogP contribution in [0.5, 0.6) is 5.75 Å². The van der Waals surface area contributed by atoms with Crippen molar-refractivity contribution >= 4 is 5.97 Å². The highest BCUT2D eigenvalue weighted by Crippen LogP contribution is 2.22. The van der Waals surface area contributed by atoms with Crippen LogP contribution in [-0.2, 0) is 6.54 Å². The Kier molecular flexibility index (Phi) is 3.86. The second-order valence-corrected chi connectivity index (χ2v) is 4.80. The summed E-state index contributed by atoms with van der Waals surface area (Å²) >= 11 is 0. The number of aromatic carboxylic acids is 1. The maximum absolute atomic E-state index is 11.2. The molecule has 0 unspecified atom stereocenters. The van der Waals surface area contributed by atoms with Gasteiger partial charge in [-0.1, -0.05) is 0 Å². The van der Waals surface area contributed by atoms with E-state index in [4.69, 9.17) is 4.74 Å². The number of carboxylic acid groups (broad SMARTS) is 1. The van der Waals surface area contributed by atoms with E-state index in [9.17, 15) is 9.90 Å². The molecular weight excluding hydrogens is 234 g/mol. The van der Waals surface area contributed by atoms with Gasteiger partial charge in [-0.2, -0.15) is 5.10 Å². The number of aromatic nitrogens is 2. The van der Waals surface area contributed by atoms with Gasteiger partial charge in [-0.05, 0) is 38.9 Å². The van der Waals surface area contributed by atoms with Gasteiger partial charge in [-0.15, -0.1) is 0 Å². The number of ether oxygens (including phenoxy) is 1. The zero-order chi connectivity index (χ0) is 13.1. The number of carboxylic acids is 1. The number of likely N-dealkylation sites (tertiary alicyclic amines) is 1. The monoisotopic (exact) mass is 253 g/mol. The lowest BCUT2D eigenvalue weighted by molar-refractivity contribution is 0.0676. The fourth-order valence-corrected chi connectivity index (χ4v) is 2.36. The third-order valence-corrected chi connectivity index (χ3v) is 3.50. The molecular formula is C12H19N3O3. The molecule has 1 aliphatic heterocycles. The quantitative estimate of drug-likeness (QED) is 0.864. The largest absolute Gasteiger partial charge is 0.493 e. The number of hydrogen-bond acceptors (Lipinski definition) is 4. The molecule has 2 rings (SSSR count). The Morgan fingerprint density at radius 3 is 2.78 bits per heavy atom. The summed E-state index contributed by atoms with van der Waals surface area (Å²) in [5.74, 6) is -0.170. The molecule has 0 spiro atoms. The molecule has 0 aliphatic carbocycles. The van der Waals surface area contributed by atoms with Gasteiger partial charge in [0.15, 0.2) is 11.4 Å². The molecule has 0 radical (unpaired) electrons. The van der Waals surface area contributed by atoms with Crippen LogP contribution in [0.2, 0.25) is 0 Å². The summed E-state index contributed by atoms with van der Waals surface area (Å²) in [5.41, 5.74) is 0.149. The van der Waals surface area contributed by atoms with Crippen molar-refractivity contribution in [3.05, 3.63) is 11.9 Å². The van der Waals surface area contributed by atoms with Crippen molar-refractivity contribution in [3.8, 4) is 5.75 Å². The molecule has 0 bridgehead atoms. The average Bonchev–Trinajstić information content (AvgIpc) is 2.75. The molecule has 6 heteroatoms. The molecule has 6 nitrogen and oxygen atoms in total. The van der Waals surface area contributed by atoms with Crippen molar-refractivity contribution in [3.63, 3.8) is 0 Å². The van der Waals surface area contributed by atoms with Gasteiger partial charge in [-0.25, -0.2) is 4.79 Å². The van der Waals surface area contributed by atoms with Crippen molar-refractivity contribution in [1.29, 1.82) is 0 Å². The summed E-state index contributed by atoms with van der Waals surface area (Å²) in [7, 11) is 3.57. The first-order chi connectivity index (χ1) is 8.61. The minimum atomic E-state index is -0.989. The van der Waals surface area contributed by atoms with Crippen molar-refractivity contribution < 1.29 is 14.6 Å². The lowest BCUT2D eigenvalue weighted by Crippen LogP contribution is -2.32. The van der Waals surface area contributed by atoms with Crippen LogP contribution in [-0.4, -0.2) is 53.0 Å². The SMILES string of the molecule is COc1cnn(CC2CCN(C)CC2)c1C(=O)O. The second-order valence-electron chi connectivity index (χ2n) is 4.80. The van der Waals surface area contributed by atoms with E-state index in [0.717, 1.165) is 25.9 Å². The number of methoxy groups -OCH3 is 1. The van der Waals surface area contributed by atoms with E-state index in [1.165, 1.54) is 13.3 Å². The van der Waals surface area contributed by atoms with Gasteiger partial charge >= 0.3 is 5.97 Å². The summed E-state index contributed by atoms with van der Waals surface area (Å²) < 4.78 is 6.57. The van der Waals surface area contributed by atoms with Gasteiger partial charge < -0.3 is 14.7 Å². The van der Waals surface area contributed by atoms with E-state index in [1.54, 1.807) is 4.68 Å². The Morgan fingerprint density at radius 2 is 2.22 bits per heavy atom. The van der Waals surface area contributed by atoms with Crippen molar-refractivity contribution in [2.24, 2.45) is 5.92 Å². The molecule has 1 saturated heterocycles. The molecule has 0 amide bonds. The van der Waals surface area contributed by atoms with Crippen LogP contribution < -0.4 is 4.74 Å². The van der Waals surface area contributed by atoms with Crippen LogP contribution in [0.4, 0.5) is 0 Å². The minimum absolute atomic E-state index is 0.149. The lowest BCUT2D eigenvalue weighted by Gasteiger charge is -2.28. The zero-order valence-electron chi connectivity index (χ0n) is 10.8. The number of piperidine rings is 1. The van der Waals surface area contributed by atoms with Crippen LogP contribution in [0.1, 0.15) is 23.3 Å². The van der Waals surface area contributed by atoms with E-state index in [2.05, 4.69) is 17.0 Å². The fourth-order valence-electron chi connectivity index (χ4n) is 2.36. The van der Waals surface area contributed by atoms with Crippen LogP contribution in [0.25, 0.3) is 0 Å². The predicted molar refractivity (Wildman–Crippen MR) is 66.0 cm³/mol. The van der Waals surface area contributed by atoms with E-state index in [-0.39, 0.29) is 5.69 Å². The smallest absolute Gasteiger partial charge is 0.358 e. The normalized spacial score (nSPS) is 17.9. The first-order valence-electron chi connectivity index (χ1n) is 6.13. The van der Waals surface area contributed by atoms with Gasteiger partial charge in [0.1, 0.15) is 0 Å². The highest BCUT2D eigenvalue weighted by molar-refractivity contribution is 5.88. The Labute approximate surface area is 106 Å². The molecule has 1 N–H and O–H groups in total. The fraction of sp³-hybridized carbons (Fsp3) is 0.667. The summed E-state index contributed by atoms with van der Waals surface area (Å²) in [6, 6.07) is 0. The standard InChI is InChI=1S/C12H19N3O3/c1-14-5-3-9(4-6-14)8-15-11(12(16)17)10(18-2)7-13-15/h7,9H,3-6,8H2,1-2H3,(H,16,17). The van der Waals surface area contributed by atoms with Crippen molar-refractivity contribution in [1.82, 2.24) is 14.7 Å². The first kappa shape index (κ1) is 12.9. The van der Waals surface area contributed by atoms with Gasteiger partial charge in [0, 0.05) is 6.54 Å². The molecule has 0 atom stereocenters. The summed E-state index contributed by atoms with van der Waals surface area (Å²) in [6.45, 7) is 2.77. The Balaban J connectivity index is 2.09. The average molecular weight is 253 g/mol. The maximum atomic E-state index is 11.2. The zero-order valence-corrected chi connectivity index (χ0v) is 10.8. The van der Waals surface area contributed by atoms with Gasteiger partial charge in [0.25, 0.3) is 0 Å². The Bertz CT molecular complexity index is 422. The first-order valence-corrected chi connectivity index (χ1v) is 6.13. The predicted octanol–water partition coefficient (Wildman–Crippen LogP) is 0.932. The molecule has 1 aromatic rings. The summed E-state index contributed by atoms with van der Waals surface area (Å²) in [6.07, 6.45) is 3.63. The summed E-state index contributed by atoms with van der Waals surface area (Å²) in [5, 5.41) is 13.3. The van der Waals surface area contributed by atoms with Crippen molar-refractivity contribution in [2.45, 2.75) is 19.4 Å². The van der Waals surface area contributed by atoms with Crippen LogP contribution in [0, 0.1) is 5.92 Å². The third-order valence-electron chi connectivity index (χ3n) is 3.50. The van der Waals surface area contributed by atoms with E-state index < -0.39 is 5.97 Å². The second kappa shape index (κ2) is 5.39. The molecule has 1 fully saturated rings. The molecule has 2 heterocycles. The molecule has 1 aromatic heterocycles. The van der Waals surface area contributed by atoms with Crippen LogP contribution in [0.15, 0.2) is 6.20 Å². The van der Waals surface area contributed by atoms with E-state index in [0.29, 0.717) is 18.2 Å². The van der Waals surface area contributed by atoms with Gasteiger partial charge in [0.05, 0.1) is 13.3 Å². The number of nitrogens with zero attached hydrogens (tertiary/aromatic N) is 3. The number of carbonyl (C=O) groups is 1. The number of rotatable bonds is 4. The molecule has 0 aromatic carbocycles. The minimum Gasteiger partial charge on any atom is -0.493 e. The maximum Gasteiger partial charge on any atom is 0.358 e. The van der Waals surface area contributed by atoms with E-state index in [1.807, 2.05) is 0 Å². The highest BCUT2D eigenvalue weighted by atomic mass is 16.5. The van der Waals surface area contributed by atoms with E-state index >= 15 is 0 Å². The number of hydrogen-bond donors (Lipinski definition) is 1. The molecule has 18 heavy (non-hydrogen) atoms. The van der Waals surface area contributed by atoms with Crippen LogP contribution in [0.3, 0.4) is 0 Å². The Hall–Kier alpha value is -1.56. The van der Waals surface area contributed by atoms with Crippen LogP contribution >= 0.6 is 0 Å². The molecule has 0 saturated carbocycles. The van der Waals surface area contributed by atoms with Gasteiger partial charge in [0.2, 0.25) is 0 Å². The summed E-state index contributed by atoms with van der Waals surface area (Å²) in [4.78, 5) is 13.5.